The van der Waals surface area contributed by atoms with Gasteiger partial charge in [0.05, 0.1) is 25.5 Å². The van der Waals surface area contributed by atoms with Crippen molar-refractivity contribution in [3.05, 3.63) is 17.7 Å². The molecule has 0 heterocycles. The number of carbonyl (C=O) groups excluding carboxylic acids is 3. The number of nitrogens with one attached hydrogen (secondary N) is 1. The number of anilines is 1. The van der Waals surface area contributed by atoms with Crippen molar-refractivity contribution in [2.45, 2.75) is 33.0 Å². The number of hydrogen-bond donors (Lipinski definition) is 1. The summed E-state index contributed by atoms with van der Waals surface area (Å²) in [6.45, 7) is 1.43. The standard InChI is InChI=1S/C18H24F2N2O7/c1-18(2,3)29-17(25)22(4)9-14(23)21-11-8-13(28-16(19)20)12(26-5)7-10(11)15(24)27-6/h7-8,16H,9H2,1-6H3,(H,21,23). The molecule has 0 saturated carbocycles. The molecule has 1 aromatic carbocycles. The molecule has 0 bridgehead atoms. The number of carbonyl (C=O) groups is 3. The summed E-state index contributed by atoms with van der Waals surface area (Å²) in [6.07, 6.45) is -0.739. The minimum Gasteiger partial charge on any atom is -0.493 e. The van der Waals surface area contributed by atoms with Gasteiger partial charge in [-0.25, -0.2) is 9.59 Å². The van der Waals surface area contributed by atoms with Crippen molar-refractivity contribution in [1.82, 2.24) is 4.90 Å². The van der Waals surface area contributed by atoms with Crippen molar-refractivity contribution >= 4 is 23.7 Å². The van der Waals surface area contributed by atoms with E-state index in [1.54, 1.807) is 20.8 Å². The van der Waals surface area contributed by atoms with Crippen LogP contribution in [0.2, 0.25) is 0 Å². The van der Waals surface area contributed by atoms with Crippen molar-refractivity contribution < 1.29 is 42.1 Å². The average Bonchev–Trinajstić information content (AvgIpc) is 2.59. The summed E-state index contributed by atoms with van der Waals surface area (Å²) < 4.78 is 44.3. The number of likely N-dealkylation sites (N-methyl/N-ethyl adjacent to an activating group) is 1. The number of nitrogens with zero attached hydrogens (tertiary/aromatic N) is 1. The lowest BCUT2D eigenvalue weighted by molar-refractivity contribution is -0.117. The van der Waals surface area contributed by atoms with Crippen molar-refractivity contribution in [3.63, 3.8) is 0 Å². The third-order valence-corrected chi connectivity index (χ3v) is 3.29. The van der Waals surface area contributed by atoms with Crippen molar-refractivity contribution in [3.8, 4) is 11.5 Å². The van der Waals surface area contributed by atoms with Gasteiger partial charge < -0.3 is 29.2 Å². The first-order valence-corrected chi connectivity index (χ1v) is 8.37. The monoisotopic (exact) mass is 418 g/mol. The van der Waals surface area contributed by atoms with Gasteiger partial charge in [0.25, 0.3) is 0 Å². The highest BCUT2D eigenvalue weighted by Crippen LogP contribution is 2.35. The third kappa shape index (κ3) is 7.43. The SMILES string of the molecule is COC(=O)c1cc(OC)c(OC(F)F)cc1NC(=O)CN(C)C(=O)OC(C)(C)C. The smallest absolute Gasteiger partial charge is 0.410 e. The highest BCUT2D eigenvalue weighted by molar-refractivity contribution is 6.03. The molecule has 0 aliphatic heterocycles. The fourth-order valence-electron chi connectivity index (χ4n) is 2.10. The molecule has 0 spiro atoms. The van der Waals surface area contributed by atoms with Gasteiger partial charge >= 0.3 is 18.7 Å². The van der Waals surface area contributed by atoms with Crippen LogP contribution in [0.4, 0.5) is 19.3 Å². The lowest BCUT2D eigenvalue weighted by Gasteiger charge is -2.24. The molecule has 0 saturated heterocycles. The van der Waals surface area contributed by atoms with E-state index < -0.39 is 42.5 Å². The van der Waals surface area contributed by atoms with E-state index in [9.17, 15) is 23.2 Å². The second-order valence-corrected chi connectivity index (χ2v) is 6.80. The summed E-state index contributed by atoms with van der Waals surface area (Å²) in [5.74, 6) is -2.11. The summed E-state index contributed by atoms with van der Waals surface area (Å²) in [4.78, 5) is 37.3. The Hall–Kier alpha value is -3.11. The fraction of sp³-hybridized carbons (Fsp3) is 0.500. The molecule has 1 N–H and O–H groups in total. The number of hydrogen-bond acceptors (Lipinski definition) is 7. The summed E-state index contributed by atoms with van der Waals surface area (Å²) in [6, 6.07) is 2.10. The molecule has 0 atom stereocenters. The molecule has 0 aliphatic rings. The van der Waals surface area contributed by atoms with E-state index in [0.29, 0.717) is 0 Å². The van der Waals surface area contributed by atoms with Crippen molar-refractivity contribution in [2.75, 3.05) is 33.1 Å². The summed E-state index contributed by atoms with van der Waals surface area (Å²) in [5.41, 5.74) is -1.06. The van der Waals surface area contributed by atoms with Crippen LogP contribution in [0.5, 0.6) is 11.5 Å². The van der Waals surface area contributed by atoms with Crippen LogP contribution in [-0.4, -0.2) is 62.9 Å². The Morgan fingerprint density at radius 3 is 2.24 bits per heavy atom. The highest BCUT2D eigenvalue weighted by Gasteiger charge is 2.24. The Bertz CT molecular complexity index is 763. The number of amides is 2. The first-order valence-electron chi connectivity index (χ1n) is 8.37. The molecule has 2 amide bonds. The number of rotatable bonds is 7. The Morgan fingerprint density at radius 2 is 1.76 bits per heavy atom. The number of esters is 1. The van der Waals surface area contributed by atoms with Gasteiger partial charge in [-0.05, 0) is 20.8 Å². The van der Waals surface area contributed by atoms with Gasteiger partial charge in [-0.15, -0.1) is 0 Å². The predicted molar refractivity (Wildman–Crippen MR) is 98.5 cm³/mol. The number of methoxy groups -OCH3 is 2. The molecular weight excluding hydrogens is 394 g/mol. The number of halogens is 2. The van der Waals surface area contributed by atoms with Crippen LogP contribution in [0.1, 0.15) is 31.1 Å². The maximum absolute atomic E-state index is 12.6. The topological polar surface area (TPSA) is 103 Å². The largest absolute Gasteiger partial charge is 0.493 e. The zero-order valence-corrected chi connectivity index (χ0v) is 17.0. The lowest BCUT2D eigenvalue weighted by atomic mass is 10.1. The molecule has 1 aromatic rings. The molecule has 0 aliphatic carbocycles. The predicted octanol–water partition coefficient (Wildman–Crippen LogP) is 2.89. The zero-order chi connectivity index (χ0) is 22.4. The second-order valence-electron chi connectivity index (χ2n) is 6.80. The quantitative estimate of drug-likeness (QED) is 0.679. The first kappa shape index (κ1) is 23.9. The van der Waals surface area contributed by atoms with Crippen LogP contribution in [0, 0.1) is 0 Å². The highest BCUT2D eigenvalue weighted by atomic mass is 19.3. The fourth-order valence-corrected chi connectivity index (χ4v) is 2.10. The van der Waals surface area contributed by atoms with Gasteiger partial charge in [-0.2, -0.15) is 8.78 Å². The Labute approximate surface area is 166 Å². The van der Waals surface area contributed by atoms with E-state index in [4.69, 9.17) is 9.47 Å². The Balaban J connectivity index is 3.09. The van der Waals surface area contributed by atoms with Crippen LogP contribution < -0.4 is 14.8 Å². The maximum atomic E-state index is 12.6. The molecular formula is C18H24F2N2O7. The first-order chi connectivity index (χ1) is 13.4. The van der Waals surface area contributed by atoms with Gasteiger partial charge in [-0.1, -0.05) is 0 Å². The molecule has 9 nitrogen and oxygen atoms in total. The summed E-state index contributed by atoms with van der Waals surface area (Å²) >= 11 is 0. The van der Waals surface area contributed by atoms with Crippen molar-refractivity contribution in [2.24, 2.45) is 0 Å². The third-order valence-electron chi connectivity index (χ3n) is 3.29. The van der Waals surface area contributed by atoms with Gasteiger partial charge in [0.15, 0.2) is 11.5 Å². The molecule has 162 valence electrons. The van der Waals surface area contributed by atoms with E-state index in [-0.39, 0.29) is 17.0 Å². The van der Waals surface area contributed by atoms with Crippen LogP contribution in [0.3, 0.4) is 0 Å². The van der Waals surface area contributed by atoms with Crippen molar-refractivity contribution in [1.29, 1.82) is 0 Å². The Kier molecular flexibility index (Phi) is 8.16. The summed E-state index contributed by atoms with van der Waals surface area (Å²) in [7, 11) is 3.65. The van der Waals surface area contributed by atoms with E-state index in [2.05, 4.69) is 14.8 Å². The summed E-state index contributed by atoms with van der Waals surface area (Å²) in [5, 5.41) is 2.37. The van der Waals surface area contributed by atoms with E-state index in [0.717, 1.165) is 24.1 Å². The molecule has 1 rings (SSSR count). The van der Waals surface area contributed by atoms with Gasteiger partial charge in [0.2, 0.25) is 5.91 Å². The molecule has 11 heteroatoms. The molecule has 0 unspecified atom stereocenters. The van der Waals surface area contributed by atoms with E-state index >= 15 is 0 Å². The van der Waals surface area contributed by atoms with Gasteiger partial charge in [-0.3, -0.25) is 4.79 Å². The molecule has 0 aromatic heterocycles. The van der Waals surface area contributed by atoms with Gasteiger partial charge in [0.1, 0.15) is 12.1 Å². The lowest BCUT2D eigenvalue weighted by Crippen LogP contribution is -2.38. The minimum absolute atomic E-state index is 0.153. The molecule has 0 radical (unpaired) electrons. The van der Waals surface area contributed by atoms with E-state index in [1.165, 1.54) is 14.2 Å². The van der Waals surface area contributed by atoms with Crippen LogP contribution in [-0.2, 0) is 14.3 Å². The zero-order valence-electron chi connectivity index (χ0n) is 17.0. The van der Waals surface area contributed by atoms with Crippen LogP contribution >= 0.6 is 0 Å². The number of alkyl halides is 2. The minimum atomic E-state index is -3.16. The Morgan fingerprint density at radius 1 is 1.14 bits per heavy atom. The molecule has 0 fully saturated rings. The van der Waals surface area contributed by atoms with Gasteiger partial charge in [0, 0.05) is 19.2 Å². The second kappa shape index (κ2) is 9.89. The number of benzene rings is 1. The van der Waals surface area contributed by atoms with Crippen LogP contribution in [0.25, 0.3) is 0 Å². The molecule has 29 heavy (non-hydrogen) atoms. The normalized spacial score (nSPS) is 10.9. The van der Waals surface area contributed by atoms with E-state index in [1.807, 2.05) is 0 Å². The maximum Gasteiger partial charge on any atom is 0.410 e. The number of ether oxygens (including phenoxy) is 4. The average molecular weight is 418 g/mol. The van der Waals surface area contributed by atoms with Crippen LogP contribution in [0.15, 0.2) is 12.1 Å².